The summed E-state index contributed by atoms with van der Waals surface area (Å²) in [7, 11) is 0. The Bertz CT molecular complexity index is 508. The molecule has 21 heavy (non-hydrogen) atoms. The Morgan fingerprint density at radius 3 is 1.86 bits per heavy atom. The molecule has 1 nitrogen and oxygen atoms in total. The molecule has 0 fully saturated rings. The van der Waals surface area contributed by atoms with Gasteiger partial charge in [-0.1, -0.05) is 12.1 Å². The van der Waals surface area contributed by atoms with Crippen molar-refractivity contribution >= 4 is 0 Å². The van der Waals surface area contributed by atoms with Crippen LogP contribution in [0.1, 0.15) is 30.9 Å². The second-order valence-electron chi connectivity index (χ2n) is 5.16. The van der Waals surface area contributed by atoms with Gasteiger partial charge >= 0.3 is 12.4 Å². The average Bonchev–Trinajstić information content (AvgIpc) is 2.35. The van der Waals surface area contributed by atoms with Gasteiger partial charge in [0, 0.05) is 6.42 Å². The summed E-state index contributed by atoms with van der Waals surface area (Å²) in [6, 6.07) is 5.91. The fraction of sp³-hybridized carbons (Fsp3) is 0.500. The summed E-state index contributed by atoms with van der Waals surface area (Å²) < 4.78 is 73.8. The maximum atomic E-state index is 12.4. The number of rotatable bonds is 4. The van der Waals surface area contributed by atoms with Crippen molar-refractivity contribution in [3.05, 3.63) is 35.4 Å². The van der Waals surface area contributed by atoms with Crippen molar-refractivity contribution in [2.24, 2.45) is 5.41 Å². The lowest BCUT2D eigenvalue weighted by molar-refractivity contribution is -0.139. The van der Waals surface area contributed by atoms with E-state index in [4.69, 9.17) is 5.26 Å². The van der Waals surface area contributed by atoms with Gasteiger partial charge in [-0.2, -0.15) is 31.6 Å². The van der Waals surface area contributed by atoms with Gasteiger partial charge in [-0.15, -0.1) is 0 Å². The number of nitriles is 1. The first kappa shape index (κ1) is 17.3. The molecule has 0 spiro atoms. The van der Waals surface area contributed by atoms with Crippen LogP contribution in [-0.4, -0.2) is 6.18 Å². The lowest BCUT2D eigenvalue weighted by Gasteiger charge is -2.22. The van der Waals surface area contributed by atoms with Crippen molar-refractivity contribution in [2.45, 2.75) is 38.5 Å². The SMILES string of the molecule is CC(C#N)(CCC(F)(F)F)Cc1ccc(C(F)(F)F)cc1. The predicted molar refractivity (Wildman–Crippen MR) is 64.2 cm³/mol. The van der Waals surface area contributed by atoms with E-state index in [1.54, 1.807) is 0 Å². The molecule has 0 saturated heterocycles. The van der Waals surface area contributed by atoms with Gasteiger partial charge in [-0.3, -0.25) is 0 Å². The Kier molecular flexibility index (Phi) is 4.92. The zero-order chi connectivity index (χ0) is 16.3. The number of hydrogen-bond acceptors (Lipinski definition) is 1. The van der Waals surface area contributed by atoms with Crippen LogP contribution < -0.4 is 0 Å². The molecule has 1 aromatic rings. The van der Waals surface area contributed by atoms with Gasteiger partial charge in [0.2, 0.25) is 0 Å². The zero-order valence-electron chi connectivity index (χ0n) is 11.1. The number of hydrogen-bond donors (Lipinski definition) is 0. The summed E-state index contributed by atoms with van der Waals surface area (Å²) in [5.74, 6) is 0. The van der Waals surface area contributed by atoms with Crippen LogP contribution in [0.4, 0.5) is 26.3 Å². The van der Waals surface area contributed by atoms with E-state index in [1.165, 1.54) is 19.1 Å². The molecule has 0 radical (unpaired) electrons. The highest BCUT2D eigenvalue weighted by Crippen LogP contribution is 2.34. The van der Waals surface area contributed by atoms with E-state index in [-0.39, 0.29) is 6.42 Å². The van der Waals surface area contributed by atoms with Crippen LogP contribution >= 0.6 is 0 Å². The summed E-state index contributed by atoms with van der Waals surface area (Å²) >= 11 is 0. The summed E-state index contributed by atoms with van der Waals surface area (Å²) in [6.45, 7) is 1.37. The van der Waals surface area contributed by atoms with E-state index in [1.807, 2.05) is 6.07 Å². The van der Waals surface area contributed by atoms with Gasteiger partial charge in [-0.25, -0.2) is 0 Å². The summed E-state index contributed by atoms with van der Waals surface area (Å²) in [5, 5.41) is 9.03. The third-order valence-electron chi connectivity index (χ3n) is 3.11. The van der Waals surface area contributed by atoms with Gasteiger partial charge in [0.15, 0.2) is 0 Å². The quantitative estimate of drug-likeness (QED) is 0.708. The van der Waals surface area contributed by atoms with E-state index in [9.17, 15) is 26.3 Å². The molecule has 0 saturated carbocycles. The van der Waals surface area contributed by atoms with Crippen molar-refractivity contribution in [1.82, 2.24) is 0 Å². The zero-order valence-corrected chi connectivity index (χ0v) is 11.1. The summed E-state index contributed by atoms with van der Waals surface area (Å²) in [5.41, 5.74) is -1.70. The monoisotopic (exact) mass is 309 g/mol. The molecule has 1 aromatic carbocycles. The number of nitrogens with zero attached hydrogens (tertiary/aromatic N) is 1. The standard InChI is InChI=1S/C14H13F6N/c1-12(9-21,6-7-13(15,16)17)8-10-2-4-11(5-3-10)14(18,19)20/h2-5H,6-8H2,1H3. The summed E-state index contributed by atoms with van der Waals surface area (Å²) in [6.07, 6.45) is -10.4. The van der Waals surface area contributed by atoms with Gasteiger partial charge in [0.1, 0.15) is 0 Å². The molecular weight excluding hydrogens is 296 g/mol. The average molecular weight is 309 g/mol. The Hall–Kier alpha value is -1.71. The molecule has 0 aliphatic heterocycles. The van der Waals surface area contributed by atoms with E-state index >= 15 is 0 Å². The van der Waals surface area contributed by atoms with E-state index in [2.05, 4.69) is 0 Å². The van der Waals surface area contributed by atoms with Crippen molar-refractivity contribution in [3.63, 3.8) is 0 Å². The minimum Gasteiger partial charge on any atom is -0.198 e. The Morgan fingerprint density at radius 2 is 1.48 bits per heavy atom. The lowest BCUT2D eigenvalue weighted by atomic mass is 9.81. The first-order chi connectivity index (χ1) is 9.45. The molecule has 1 atom stereocenters. The normalized spacial score (nSPS) is 15.3. The van der Waals surface area contributed by atoms with Crippen molar-refractivity contribution in [3.8, 4) is 6.07 Å². The molecule has 0 aliphatic rings. The van der Waals surface area contributed by atoms with Crippen LogP contribution in [0, 0.1) is 16.7 Å². The van der Waals surface area contributed by atoms with Gasteiger partial charge in [0.05, 0.1) is 17.0 Å². The van der Waals surface area contributed by atoms with Crippen LogP contribution in [0.5, 0.6) is 0 Å². The van der Waals surface area contributed by atoms with Crippen molar-refractivity contribution in [1.29, 1.82) is 5.26 Å². The van der Waals surface area contributed by atoms with Gasteiger partial charge < -0.3 is 0 Å². The van der Waals surface area contributed by atoms with Crippen LogP contribution in [0.2, 0.25) is 0 Å². The maximum Gasteiger partial charge on any atom is 0.416 e. The van der Waals surface area contributed by atoms with Crippen LogP contribution in [0.25, 0.3) is 0 Å². The van der Waals surface area contributed by atoms with Crippen molar-refractivity contribution < 1.29 is 26.3 Å². The molecule has 0 N–H and O–H groups in total. The third-order valence-corrected chi connectivity index (χ3v) is 3.11. The van der Waals surface area contributed by atoms with Crippen LogP contribution in [0.3, 0.4) is 0 Å². The fourth-order valence-electron chi connectivity index (χ4n) is 1.86. The molecule has 0 amide bonds. The summed E-state index contributed by atoms with van der Waals surface area (Å²) in [4.78, 5) is 0. The largest absolute Gasteiger partial charge is 0.416 e. The number of halogens is 6. The third kappa shape index (κ3) is 5.66. The highest BCUT2D eigenvalue weighted by atomic mass is 19.4. The molecule has 0 bridgehead atoms. The second-order valence-corrected chi connectivity index (χ2v) is 5.16. The topological polar surface area (TPSA) is 23.8 Å². The van der Waals surface area contributed by atoms with Crippen molar-refractivity contribution in [2.75, 3.05) is 0 Å². The molecular formula is C14H13F6N. The van der Waals surface area contributed by atoms with Crippen LogP contribution in [-0.2, 0) is 12.6 Å². The minimum atomic E-state index is -4.46. The minimum absolute atomic E-state index is 0.0300. The first-order valence-corrected chi connectivity index (χ1v) is 6.09. The predicted octanol–water partition coefficient (Wildman–Crippen LogP) is 5.12. The molecule has 1 unspecified atom stereocenters. The number of alkyl halides is 6. The molecule has 7 heteroatoms. The van der Waals surface area contributed by atoms with Crippen LogP contribution in [0.15, 0.2) is 24.3 Å². The Labute approximate surface area is 118 Å². The fourth-order valence-corrected chi connectivity index (χ4v) is 1.86. The van der Waals surface area contributed by atoms with Gasteiger partial charge in [0.25, 0.3) is 0 Å². The smallest absolute Gasteiger partial charge is 0.198 e. The Morgan fingerprint density at radius 1 is 0.952 bits per heavy atom. The highest BCUT2D eigenvalue weighted by molar-refractivity contribution is 5.26. The molecule has 116 valence electrons. The van der Waals surface area contributed by atoms with E-state index < -0.39 is 36.2 Å². The van der Waals surface area contributed by atoms with Gasteiger partial charge in [-0.05, 0) is 37.5 Å². The molecule has 1 rings (SSSR count). The van der Waals surface area contributed by atoms with E-state index in [0.717, 1.165) is 12.1 Å². The molecule has 0 aliphatic carbocycles. The lowest BCUT2D eigenvalue weighted by Crippen LogP contribution is -2.21. The Balaban J connectivity index is 2.80. The van der Waals surface area contributed by atoms with E-state index in [0.29, 0.717) is 5.56 Å². The maximum absolute atomic E-state index is 12.4. The first-order valence-electron chi connectivity index (χ1n) is 6.09. The highest BCUT2D eigenvalue weighted by Gasteiger charge is 2.34. The molecule has 0 heterocycles. The second kappa shape index (κ2) is 5.96. The number of benzene rings is 1. The molecule has 0 aromatic heterocycles.